The zero-order valence-corrected chi connectivity index (χ0v) is 44.6. The van der Waals surface area contributed by atoms with Crippen LogP contribution in [0, 0.1) is 45.3 Å². The maximum absolute atomic E-state index is 9.34. The lowest BCUT2D eigenvalue weighted by atomic mass is 9.81. The summed E-state index contributed by atoms with van der Waals surface area (Å²) in [6.07, 6.45) is 3.15. The third-order valence-corrected chi connectivity index (χ3v) is 22.6. The number of hydrogen-bond donors (Lipinski definition) is 0. The van der Waals surface area contributed by atoms with E-state index in [1.54, 1.807) is 34.8 Å². The number of allylic oxidation sites excluding steroid dienone is 2. The van der Waals surface area contributed by atoms with Gasteiger partial charge in [0.2, 0.25) is 0 Å². The molecule has 0 unspecified atom stereocenters. The van der Waals surface area contributed by atoms with Crippen LogP contribution in [0.25, 0.3) is 125 Å². The van der Waals surface area contributed by atoms with E-state index in [4.69, 9.17) is 0 Å². The van der Waals surface area contributed by atoms with Crippen LogP contribution < -0.4 is 0 Å². The molecule has 0 N–H and O–H groups in total. The van der Waals surface area contributed by atoms with E-state index in [0.717, 1.165) is 55.4 Å². The van der Waals surface area contributed by atoms with Crippen LogP contribution in [0.15, 0.2) is 96.1 Å². The summed E-state index contributed by atoms with van der Waals surface area (Å²) in [6, 6.07) is 38.9. The summed E-state index contributed by atoms with van der Waals surface area (Å²) in [5.74, 6) is 0. The van der Waals surface area contributed by atoms with Crippen LogP contribution in [-0.2, 0) is 10.8 Å². The maximum Gasteiger partial charge on any atom is 0.130 e. The molecule has 8 aromatic heterocycles. The molecule has 0 spiro atoms. The Morgan fingerprint density at radius 2 is 0.833 bits per heavy atom. The van der Waals surface area contributed by atoms with Gasteiger partial charge in [0.25, 0.3) is 0 Å². The van der Waals surface area contributed by atoms with E-state index in [1.807, 2.05) is 93.9 Å². The fraction of sp³-hybridized carbons (Fsp3) is 0.107. The summed E-state index contributed by atoms with van der Waals surface area (Å²) in [7, 11) is 0. The van der Waals surface area contributed by atoms with Crippen molar-refractivity contribution in [2.75, 3.05) is 0 Å². The van der Waals surface area contributed by atoms with Gasteiger partial charge in [0.05, 0.1) is 32.9 Å². The largest absolute Gasteiger partial charge is 0.192 e. The van der Waals surface area contributed by atoms with E-state index >= 15 is 0 Å². The van der Waals surface area contributed by atoms with Crippen LogP contribution in [0.3, 0.4) is 0 Å². The average Bonchev–Trinajstić information content (AvgIpc) is 4.23. The number of benzene rings is 4. The van der Waals surface area contributed by atoms with Gasteiger partial charge in [-0.05, 0) is 117 Å². The van der Waals surface area contributed by atoms with Crippen molar-refractivity contribution in [3.63, 3.8) is 0 Å². The topological polar surface area (TPSA) is 147 Å². The molecule has 0 radical (unpaired) electrons. The van der Waals surface area contributed by atoms with Crippen LogP contribution in [0.2, 0.25) is 0 Å². The molecule has 0 fully saturated rings. The highest BCUT2D eigenvalue weighted by Crippen LogP contribution is 2.64. The fourth-order valence-corrected chi connectivity index (χ4v) is 19.8. The first-order chi connectivity index (χ1) is 34.9. The van der Waals surface area contributed by atoms with Crippen LogP contribution >= 0.6 is 91.5 Å². The van der Waals surface area contributed by atoms with Crippen LogP contribution in [0.1, 0.15) is 61.1 Å². The van der Waals surface area contributed by atoms with Crippen LogP contribution in [0.4, 0.5) is 0 Å². The van der Waals surface area contributed by atoms with Crippen molar-refractivity contribution in [1.29, 1.82) is 21.0 Å². The third-order valence-electron chi connectivity index (χ3n) is 14.1. The predicted molar refractivity (Wildman–Crippen MR) is 303 cm³/mol. The van der Waals surface area contributed by atoms with Crippen LogP contribution in [-0.4, -0.2) is 17.5 Å². The number of rotatable bonds is 6. The maximum atomic E-state index is 9.34. The number of hydrogen-bond acceptors (Lipinski definition) is 16. The zero-order chi connectivity index (χ0) is 48.9. The number of thiophene rings is 6. The van der Waals surface area contributed by atoms with E-state index in [0.29, 0.717) is 22.2 Å². The fourth-order valence-electron chi connectivity index (χ4n) is 10.7. The van der Waals surface area contributed by atoms with Crippen molar-refractivity contribution in [3.05, 3.63) is 129 Å². The summed E-state index contributed by atoms with van der Waals surface area (Å²) < 4.78 is 23.7. The first-order valence-corrected chi connectivity index (χ1v) is 28.8. The highest BCUT2D eigenvalue weighted by molar-refractivity contribution is 7.32. The lowest BCUT2D eigenvalue weighted by molar-refractivity contribution is 0.666. The van der Waals surface area contributed by atoms with Crippen molar-refractivity contribution < 1.29 is 0 Å². The lowest BCUT2D eigenvalue weighted by Gasteiger charge is -2.22. The second-order valence-corrected chi connectivity index (χ2v) is 26.3. The second kappa shape index (κ2) is 15.7. The first-order valence-electron chi connectivity index (χ1n) is 22.5. The normalized spacial score (nSPS) is 13.7. The number of nitrogens with zero attached hydrogens (tertiary/aromatic N) is 8. The smallest absolute Gasteiger partial charge is 0.130 e. The Kier molecular flexibility index (Phi) is 9.54. The first kappa shape index (κ1) is 43.7. The summed E-state index contributed by atoms with van der Waals surface area (Å²) >= 11 is 13.4. The number of nitriles is 4. The highest BCUT2D eigenvalue weighted by Gasteiger charge is 2.45. The summed E-state index contributed by atoms with van der Waals surface area (Å²) in [5, 5.41) is 39.9. The Morgan fingerprint density at radius 1 is 0.431 bits per heavy atom. The molecule has 2 aliphatic rings. The molecule has 8 heterocycles. The third kappa shape index (κ3) is 6.23. The molecule has 16 heteroatoms. The molecule has 0 aliphatic heterocycles. The standard InChI is InChI=1S/C56H28N8S8/c1-55(2)35-15-29-17-43(39-11-9-37(65-39)31-7-5-27(13-25(21-57)22-58)47-49(31)63-71-61-47)67-41(29)19-33(35)51-45(55)53-54(69-51)46-52(70-53)34-20-42-30(16-36(34)56(46,3)4)18-44(68-42)40-12-10-38(66-40)32-8-6-28(14-26(23-59)24-60)48-50(32)64-72-62-48/h5-20H,1-4H3. The number of fused-ring (bicyclic) bond motifs is 13. The molecule has 0 saturated carbocycles. The Morgan fingerprint density at radius 3 is 1.25 bits per heavy atom. The van der Waals surface area contributed by atoms with E-state index in [1.165, 1.54) is 92.2 Å². The molecule has 14 rings (SSSR count). The molecule has 340 valence electrons. The lowest BCUT2D eigenvalue weighted by Crippen LogP contribution is -2.15. The molecule has 4 aromatic carbocycles. The Labute approximate surface area is 443 Å². The zero-order valence-electron chi connectivity index (χ0n) is 38.1. The van der Waals surface area contributed by atoms with E-state index in [-0.39, 0.29) is 22.0 Å². The highest BCUT2D eigenvalue weighted by atomic mass is 32.1. The molecule has 2 aliphatic carbocycles. The quantitative estimate of drug-likeness (QED) is 0.150. The van der Waals surface area contributed by atoms with E-state index < -0.39 is 0 Å². The van der Waals surface area contributed by atoms with Gasteiger partial charge < -0.3 is 0 Å². The van der Waals surface area contributed by atoms with Gasteiger partial charge in [-0.1, -0.05) is 52.0 Å². The molecular formula is C56H28N8S8. The Bertz CT molecular complexity index is 4330. The van der Waals surface area contributed by atoms with Gasteiger partial charge in [0, 0.05) is 81.5 Å². The van der Waals surface area contributed by atoms with Crippen molar-refractivity contribution in [3.8, 4) is 85.5 Å². The molecule has 0 bridgehead atoms. The van der Waals surface area contributed by atoms with Gasteiger partial charge in [0.1, 0.15) is 57.5 Å². The van der Waals surface area contributed by atoms with Crippen LogP contribution in [0.5, 0.6) is 0 Å². The second-order valence-electron chi connectivity index (χ2n) is 18.8. The minimum Gasteiger partial charge on any atom is -0.192 e. The van der Waals surface area contributed by atoms with Gasteiger partial charge in [-0.3, -0.25) is 0 Å². The summed E-state index contributed by atoms with van der Waals surface area (Å²) in [6.45, 7) is 9.64. The number of aromatic nitrogens is 4. The Hall–Kier alpha value is -7.06. The van der Waals surface area contributed by atoms with Crippen molar-refractivity contribution in [2.24, 2.45) is 0 Å². The molecule has 72 heavy (non-hydrogen) atoms. The summed E-state index contributed by atoms with van der Waals surface area (Å²) in [5.41, 5.74) is 14.5. The summed E-state index contributed by atoms with van der Waals surface area (Å²) in [4.78, 5) is 9.88. The van der Waals surface area contributed by atoms with E-state index in [9.17, 15) is 21.0 Å². The molecule has 0 saturated heterocycles. The van der Waals surface area contributed by atoms with Gasteiger partial charge >= 0.3 is 0 Å². The van der Waals surface area contributed by atoms with Crippen molar-refractivity contribution in [2.45, 2.75) is 38.5 Å². The Balaban J connectivity index is 0.786. The molecule has 0 amide bonds. The van der Waals surface area contributed by atoms with Gasteiger partial charge in [-0.25, -0.2) is 0 Å². The van der Waals surface area contributed by atoms with Gasteiger partial charge in [-0.2, -0.15) is 38.5 Å². The molecular weight excluding hydrogens is 1040 g/mol. The molecule has 0 atom stereocenters. The average molecular weight is 1070 g/mol. The van der Waals surface area contributed by atoms with Crippen molar-refractivity contribution >= 4 is 155 Å². The molecule has 8 nitrogen and oxygen atoms in total. The SMILES string of the molecule is CC1(C)c2cc3cc(-c4ccc(-c5ccc(C=C(C#N)C#N)c6nsnc56)s4)sc3cc2-c2sc3c4c(sc3c21)-c1cc2sc(-c3ccc(-c5ccc(C=C(C#N)C#N)c6nsnc56)s3)cc2cc1C4(C)C. The van der Waals surface area contributed by atoms with E-state index in [2.05, 4.69) is 106 Å². The minimum absolute atomic E-state index is 0.0358. The van der Waals surface area contributed by atoms with Gasteiger partial charge in [-0.15, -0.1) is 68.0 Å². The van der Waals surface area contributed by atoms with Gasteiger partial charge in [0.15, 0.2) is 0 Å². The minimum atomic E-state index is -0.165. The van der Waals surface area contributed by atoms with Crippen molar-refractivity contribution in [1.82, 2.24) is 17.5 Å². The molecule has 12 aromatic rings. The monoisotopic (exact) mass is 1070 g/mol. The predicted octanol–water partition coefficient (Wildman–Crippen LogP) is 17.7.